The molecule has 7 nitrogen and oxygen atoms in total. The number of ether oxygens (including phenoxy) is 2. The van der Waals surface area contributed by atoms with Gasteiger partial charge in [-0.15, -0.1) is 10.2 Å². The monoisotopic (exact) mass is 321 g/mol. The number of anilines is 1. The largest absolute Gasteiger partial charge is 0.497 e. The predicted molar refractivity (Wildman–Crippen MR) is 81.0 cm³/mol. The van der Waals surface area contributed by atoms with E-state index in [2.05, 4.69) is 20.3 Å². The van der Waals surface area contributed by atoms with Gasteiger partial charge in [0.2, 0.25) is 5.13 Å². The summed E-state index contributed by atoms with van der Waals surface area (Å²) in [6.45, 7) is 1.77. The molecule has 0 spiro atoms. The zero-order chi connectivity index (χ0) is 15.9. The van der Waals surface area contributed by atoms with Crippen molar-refractivity contribution in [2.45, 2.75) is 13.3 Å². The Bertz CT molecular complexity index is 654. The number of esters is 1. The van der Waals surface area contributed by atoms with Gasteiger partial charge in [0.25, 0.3) is 0 Å². The van der Waals surface area contributed by atoms with Gasteiger partial charge in [0.1, 0.15) is 10.8 Å². The fraction of sp³-hybridized carbons (Fsp3) is 0.286. The highest BCUT2D eigenvalue weighted by molar-refractivity contribution is 7.15. The average molecular weight is 321 g/mol. The second-order valence-corrected chi connectivity index (χ2v) is 5.26. The van der Waals surface area contributed by atoms with Crippen LogP contribution < -0.4 is 10.1 Å². The lowest BCUT2D eigenvalue weighted by Crippen LogP contribution is -2.24. The maximum Gasteiger partial charge on any atom is 0.397 e. The first-order valence-corrected chi connectivity index (χ1v) is 7.37. The van der Waals surface area contributed by atoms with Crippen molar-refractivity contribution in [3.05, 3.63) is 34.8 Å². The molecule has 8 heteroatoms. The summed E-state index contributed by atoms with van der Waals surface area (Å²) in [6.07, 6.45) is 0.580. The molecular weight excluding hydrogens is 306 g/mol. The summed E-state index contributed by atoms with van der Waals surface area (Å²) in [4.78, 5) is 22.7. The highest BCUT2D eigenvalue weighted by atomic mass is 32.1. The van der Waals surface area contributed by atoms with Crippen LogP contribution in [0, 0.1) is 0 Å². The average Bonchev–Trinajstić information content (AvgIpc) is 2.95. The van der Waals surface area contributed by atoms with E-state index in [1.807, 2.05) is 24.3 Å². The van der Waals surface area contributed by atoms with Crippen molar-refractivity contribution >= 4 is 28.3 Å². The third-order valence-electron chi connectivity index (χ3n) is 2.66. The Morgan fingerprint density at radius 3 is 2.59 bits per heavy atom. The SMILES string of the molecule is CCOC(=O)C(=O)Nc1nnc(Cc2ccc(OC)cc2)s1. The number of carbonyl (C=O) groups is 2. The Labute approximate surface area is 131 Å². The van der Waals surface area contributed by atoms with Gasteiger partial charge in [-0.1, -0.05) is 23.5 Å². The van der Waals surface area contributed by atoms with Crippen molar-refractivity contribution in [1.82, 2.24) is 10.2 Å². The number of carbonyl (C=O) groups excluding carboxylic acids is 2. The summed E-state index contributed by atoms with van der Waals surface area (Å²) in [5, 5.41) is 11.2. The van der Waals surface area contributed by atoms with E-state index >= 15 is 0 Å². The van der Waals surface area contributed by atoms with Gasteiger partial charge >= 0.3 is 11.9 Å². The molecule has 116 valence electrons. The molecule has 22 heavy (non-hydrogen) atoms. The molecular formula is C14H15N3O4S. The molecule has 1 heterocycles. The summed E-state index contributed by atoms with van der Waals surface area (Å²) in [5.41, 5.74) is 1.04. The maximum absolute atomic E-state index is 11.5. The number of nitrogens with zero attached hydrogens (tertiary/aromatic N) is 2. The normalized spacial score (nSPS) is 10.1. The predicted octanol–water partition coefficient (Wildman–Crippen LogP) is 1.64. The maximum atomic E-state index is 11.5. The first-order valence-electron chi connectivity index (χ1n) is 6.55. The molecule has 0 saturated carbocycles. The highest BCUT2D eigenvalue weighted by Gasteiger charge is 2.17. The van der Waals surface area contributed by atoms with Crippen LogP contribution in [0.25, 0.3) is 0 Å². The summed E-state index contributed by atoms with van der Waals surface area (Å²) in [7, 11) is 1.61. The second kappa shape index (κ2) is 7.51. The van der Waals surface area contributed by atoms with Crippen molar-refractivity contribution in [3.8, 4) is 5.75 Å². The molecule has 0 fully saturated rings. The van der Waals surface area contributed by atoms with Crippen LogP contribution in [-0.4, -0.2) is 35.8 Å². The van der Waals surface area contributed by atoms with Gasteiger partial charge in [-0.3, -0.25) is 10.1 Å². The van der Waals surface area contributed by atoms with Crippen LogP contribution in [-0.2, 0) is 20.7 Å². The summed E-state index contributed by atoms with van der Waals surface area (Å²) >= 11 is 1.21. The molecule has 1 aromatic carbocycles. The molecule has 0 bridgehead atoms. The van der Waals surface area contributed by atoms with Gasteiger partial charge in [-0.25, -0.2) is 4.79 Å². The number of nitrogens with one attached hydrogen (secondary N) is 1. The van der Waals surface area contributed by atoms with E-state index in [-0.39, 0.29) is 11.7 Å². The summed E-state index contributed by atoms with van der Waals surface area (Å²) in [6, 6.07) is 7.58. The number of amides is 1. The van der Waals surface area contributed by atoms with Gasteiger partial charge in [-0.05, 0) is 24.6 Å². The molecule has 1 amide bonds. The minimum atomic E-state index is -0.936. The number of aromatic nitrogens is 2. The van der Waals surface area contributed by atoms with E-state index in [4.69, 9.17) is 4.74 Å². The van der Waals surface area contributed by atoms with E-state index in [0.29, 0.717) is 6.42 Å². The van der Waals surface area contributed by atoms with Crippen LogP contribution >= 0.6 is 11.3 Å². The van der Waals surface area contributed by atoms with Crippen molar-refractivity contribution in [3.63, 3.8) is 0 Å². The summed E-state index contributed by atoms with van der Waals surface area (Å²) < 4.78 is 9.69. The Morgan fingerprint density at radius 1 is 1.23 bits per heavy atom. The minimum absolute atomic E-state index is 0.144. The molecule has 0 unspecified atom stereocenters. The van der Waals surface area contributed by atoms with Crippen molar-refractivity contribution in [2.24, 2.45) is 0 Å². The van der Waals surface area contributed by atoms with Crippen molar-refractivity contribution in [2.75, 3.05) is 19.0 Å². The minimum Gasteiger partial charge on any atom is -0.497 e. The van der Waals surface area contributed by atoms with E-state index in [0.717, 1.165) is 16.3 Å². The number of hydrogen-bond donors (Lipinski definition) is 1. The van der Waals surface area contributed by atoms with Crippen molar-refractivity contribution in [1.29, 1.82) is 0 Å². The van der Waals surface area contributed by atoms with Gasteiger partial charge < -0.3 is 9.47 Å². The first kappa shape index (κ1) is 15.9. The van der Waals surface area contributed by atoms with Gasteiger partial charge in [0, 0.05) is 6.42 Å². The first-order chi connectivity index (χ1) is 10.6. The lowest BCUT2D eigenvalue weighted by atomic mass is 10.1. The van der Waals surface area contributed by atoms with E-state index in [9.17, 15) is 9.59 Å². The fourth-order valence-corrected chi connectivity index (χ4v) is 2.41. The molecule has 0 radical (unpaired) electrons. The van der Waals surface area contributed by atoms with E-state index in [1.165, 1.54) is 11.3 Å². The molecule has 2 rings (SSSR count). The van der Waals surface area contributed by atoms with Gasteiger partial charge in [0.05, 0.1) is 13.7 Å². The summed E-state index contributed by atoms with van der Waals surface area (Å²) in [5.74, 6) is -1.01. The Kier molecular flexibility index (Phi) is 5.42. The lowest BCUT2D eigenvalue weighted by molar-refractivity contribution is -0.152. The third kappa shape index (κ3) is 4.26. The van der Waals surface area contributed by atoms with Crippen LogP contribution in [0.3, 0.4) is 0 Å². The standard InChI is InChI=1S/C14H15N3O4S/c1-3-21-13(19)12(18)15-14-17-16-11(22-14)8-9-4-6-10(20-2)7-5-9/h4-7H,3,8H2,1-2H3,(H,15,17,18). The van der Waals surface area contributed by atoms with Crippen LogP contribution in [0.5, 0.6) is 5.75 Å². The smallest absolute Gasteiger partial charge is 0.397 e. The molecule has 0 saturated heterocycles. The Morgan fingerprint density at radius 2 is 1.95 bits per heavy atom. The van der Waals surface area contributed by atoms with Crippen LogP contribution in [0.2, 0.25) is 0 Å². The van der Waals surface area contributed by atoms with Gasteiger partial charge in [-0.2, -0.15) is 0 Å². The highest BCUT2D eigenvalue weighted by Crippen LogP contribution is 2.20. The molecule has 1 N–H and O–H groups in total. The fourth-order valence-electron chi connectivity index (χ4n) is 1.64. The zero-order valence-electron chi connectivity index (χ0n) is 12.2. The molecule has 2 aromatic rings. The topological polar surface area (TPSA) is 90.4 Å². The molecule has 0 aliphatic rings. The number of benzene rings is 1. The number of rotatable bonds is 5. The van der Waals surface area contributed by atoms with Crippen LogP contribution in [0.15, 0.2) is 24.3 Å². The zero-order valence-corrected chi connectivity index (χ0v) is 13.0. The second-order valence-electron chi connectivity index (χ2n) is 4.20. The Hall–Kier alpha value is -2.48. The molecule has 1 aromatic heterocycles. The van der Waals surface area contributed by atoms with Crippen LogP contribution in [0.4, 0.5) is 5.13 Å². The van der Waals surface area contributed by atoms with Gasteiger partial charge in [0.15, 0.2) is 0 Å². The lowest BCUT2D eigenvalue weighted by Gasteiger charge is -2.01. The molecule has 0 aliphatic carbocycles. The number of methoxy groups -OCH3 is 1. The molecule has 0 atom stereocenters. The van der Waals surface area contributed by atoms with E-state index in [1.54, 1.807) is 14.0 Å². The van der Waals surface area contributed by atoms with Crippen molar-refractivity contribution < 1.29 is 19.1 Å². The quantitative estimate of drug-likeness (QED) is 0.665. The van der Waals surface area contributed by atoms with E-state index < -0.39 is 11.9 Å². The Balaban J connectivity index is 1.96. The third-order valence-corrected chi connectivity index (χ3v) is 3.50. The molecule has 0 aliphatic heterocycles. The number of hydrogen-bond acceptors (Lipinski definition) is 7. The van der Waals surface area contributed by atoms with Crippen LogP contribution in [0.1, 0.15) is 17.5 Å².